The van der Waals surface area contributed by atoms with Gasteiger partial charge in [0.25, 0.3) is 5.56 Å². The van der Waals surface area contributed by atoms with E-state index in [1.807, 2.05) is 12.1 Å². The summed E-state index contributed by atoms with van der Waals surface area (Å²) in [5.41, 5.74) is 1.59. The molecule has 2 N–H and O–H groups in total. The molecule has 2 aliphatic rings. The number of aromatic amines is 1. The number of nitrogens with zero attached hydrogens (tertiary/aromatic N) is 2. The van der Waals surface area contributed by atoms with Crippen molar-refractivity contribution >= 4 is 5.97 Å². The van der Waals surface area contributed by atoms with E-state index in [0.717, 1.165) is 5.56 Å². The second-order valence-electron chi connectivity index (χ2n) is 5.13. The molecule has 23 heavy (non-hydrogen) atoms. The lowest BCUT2D eigenvalue weighted by atomic mass is 10.1. The average molecular weight is 313 g/mol. The first-order valence-corrected chi connectivity index (χ1v) is 7.03. The number of aryl methyl sites for hydroxylation is 2. The Hall–Kier alpha value is -3.09. The largest absolute Gasteiger partial charge is 0.508 e. The number of ether oxygens (including phenoxy) is 1. The molecule has 7 heteroatoms. The Morgan fingerprint density at radius 2 is 2.04 bits per heavy atom. The van der Waals surface area contributed by atoms with Crippen LogP contribution < -0.4 is 5.56 Å². The van der Waals surface area contributed by atoms with Crippen molar-refractivity contribution in [1.82, 2.24) is 14.8 Å². The Morgan fingerprint density at radius 1 is 1.30 bits per heavy atom. The number of esters is 1. The average Bonchev–Trinajstić information content (AvgIpc) is 2.94. The maximum absolute atomic E-state index is 11.9. The van der Waals surface area contributed by atoms with Crippen molar-refractivity contribution in [2.75, 3.05) is 7.11 Å². The van der Waals surface area contributed by atoms with E-state index in [4.69, 9.17) is 4.74 Å². The lowest BCUT2D eigenvalue weighted by molar-refractivity contribution is 0.0600. The van der Waals surface area contributed by atoms with Gasteiger partial charge in [-0.15, -0.1) is 0 Å². The summed E-state index contributed by atoms with van der Waals surface area (Å²) in [5.74, 6) is -0.328. The second-order valence-corrected chi connectivity index (χ2v) is 5.13. The van der Waals surface area contributed by atoms with E-state index < -0.39 is 5.97 Å². The molecule has 0 radical (unpaired) electrons. The van der Waals surface area contributed by atoms with E-state index in [-0.39, 0.29) is 16.9 Å². The third-order valence-corrected chi connectivity index (χ3v) is 3.61. The highest BCUT2D eigenvalue weighted by Crippen LogP contribution is 2.21. The molecule has 0 saturated heterocycles. The summed E-state index contributed by atoms with van der Waals surface area (Å²) < 4.78 is 6.51. The predicted molar refractivity (Wildman–Crippen MR) is 82.6 cm³/mol. The number of benzene rings is 1. The van der Waals surface area contributed by atoms with Crippen molar-refractivity contribution in [3.63, 3.8) is 0 Å². The monoisotopic (exact) mass is 313 g/mol. The fourth-order valence-corrected chi connectivity index (χ4v) is 2.40. The smallest absolute Gasteiger partial charge is 0.341 e. The fourth-order valence-electron chi connectivity index (χ4n) is 2.40. The Bertz CT molecular complexity index is 864. The molecule has 0 bridgehead atoms. The van der Waals surface area contributed by atoms with Gasteiger partial charge in [0.1, 0.15) is 17.0 Å². The van der Waals surface area contributed by atoms with Crippen LogP contribution in [-0.2, 0) is 17.7 Å². The molecule has 0 spiro atoms. The Balaban J connectivity index is 1.92. The van der Waals surface area contributed by atoms with Crippen molar-refractivity contribution in [2.45, 2.75) is 13.0 Å². The van der Waals surface area contributed by atoms with Crippen molar-refractivity contribution < 1.29 is 14.6 Å². The maximum atomic E-state index is 11.9. The van der Waals surface area contributed by atoms with Gasteiger partial charge >= 0.3 is 5.97 Å². The Morgan fingerprint density at radius 3 is 2.74 bits per heavy atom. The molecule has 7 nitrogen and oxygen atoms in total. The highest BCUT2D eigenvalue weighted by Gasteiger charge is 2.21. The van der Waals surface area contributed by atoms with Gasteiger partial charge in [-0.1, -0.05) is 12.1 Å². The number of aromatic hydroxyl groups is 1. The van der Waals surface area contributed by atoms with E-state index >= 15 is 0 Å². The number of carbonyl (C=O) groups excluding carboxylic acids is 1. The van der Waals surface area contributed by atoms with E-state index in [0.29, 0.717) is 24.2 Å². The standard InChI is InChI=1S/C16H15N3O4/c1-23-16(22)13-9-19(8-12-14(13)17-18-15(12)21)7-6-10-2-4-11(20)5-3-10/h2-5,8-9,20H,6-7H2,1H3,(H,18,21). The quantitative estimate of drug-likeness (QED) is 0.710. The lowest BCUT2D eigenvalue weighted by Crippen LogP contribution is -2.12. The zero-order valence-electron chi connectivity index (χ0n) is 12.4. The molecule has 2 aliphatic heterocycles. The lowest BCUT2D eigenvalue weighted by Gasteiger charge is -2.11. The molecule has 0 aromatic heterocycles. The van der Waals surface area contributed by atoms with Gasteiger partial charge in [0.05, 0.1) is 12.7 Å². The highest BCUT2D eigenvalue weighted by atomic mass is 16.5. The maximum Gasteiger partial charge on any atom is 0.341 e. The number of H-pyrrole nitrogens is 1. The number of aromatic nitrogens is 3. The van der Waals surface area contributed by atoms with Gasteiger partial charge in [-0.05, 0) is 24.1 Å². The fraction of sp³-hybridized carbons (Fsp3) is 0.188. The van der Waals surface area contributed by atoms with E-state index in [1.54, 1.807) is 29.1 Å². The second kappa shape index (κ2) is 5.96. The number of rotatable bonds is 4. The first-order chi connectivity index (χ1) is 11.1. The number of carbonyl (C=O) groups is 1. The van der Waals surface area contributed by atoms with Crippen LogP contribution in [0, 0.1) is 0 Å². The van der Waals surface area contributed by atoms with Crippen molar-refractivity contribution in [3.05, 3.63) is 58.1 Å². The first kappa shape index (κ1) is 14.8. The molecule has 1 aromatic rings. The van der Waals surface area contributed by atoms with Crippen LogP contribution in [0.15, 0.2) is 41.5 Å². The first-order valence-electron chi connectivity index (χ1n) is 7.03. The van der Waals surface area contributed by atoms with Gasteiger partial charge in [-0.25, -0.2) is 9.89 Å². The number of methoxy groups -OCH3 is 1. The molecule has 0 aliphatic carbocycles. The van der Waals surface area contributed by atoms with Crippen LogP contribution in [0.3, 0.4) is 0 Å². The van der Waals surface area contributed by atoms with Crippen LogP contribution in [-0.4, -0.2) is 33.0 Å². The third kappa shape index (κ3) is 2.94. The molecule has 0 fully saturated rings. The number of hydrogen-bond acceptors (Lipinski definition) is 5. The van der Waals surface area contributed by atoms with Gasteiger partial charge in [0, 0.05) is 18.9 Å². The minimum atomic E-state index is -0.541. The third-order valence-electron chi connectivity index (χ3n) is 3.61. The van der Waals surface area contributed by atoms with E-state index in [2.05, 4.69) is 10.2 Å². The zero-order chi connectivity index (χ0) is 16.4. The van der Waals surface area contributed by atoms with Crippen LogP contribution in [0.5, 0.6) is 5.75 Å². The van der Waals surface area contributed by atoms with Gasteiger partial charge in [0.2, 0.25) is 0 Å². The Kier molecular flexibility index (Phi) is 3.84. The molecule has 0 amide bonds. The predicted octanol–water partition coefficient (Wildman–Crippen LogP) is 1.41. The summed E-state index contributed by atoms with van der Waals surface area (Å²) in [6, 6.07) is 6.89. The molecular formula is C16H15N3O4. The van der Waals surface area contributed by atoms with Gasteiger partial charge in [-0.2, -0.15) is 5.10 Å². The number of hydrogen-bond donors (Lipinski definition) is 2. The van der Waals surface area contributed by atoms with Gasteiger partial charge in [-0.3, -0.25) is 4.79 Å². The van der Waals surface area contributed by atoms with Crippen molar-refractivity contribution in [3.8, 4) is 17.0 Å². The molecule has 3 rings (SSSR count). The molecule has 118 valence electrons. The molecule has 0 saturated carbocycles. The van der Waals surface area contributed by atoms with E-state index in [1.165, 1.54) is 7.11 Å². The van der Waals surface area contributed by atoms with Crippen LogP contribution in [0.2, 0.25) is 0 Å². The molecule has 2 heterocycles. The summed E-state index contributed by atoms with van der Waals surface area (Å²) in [4.78, 5) is 23.7. The van der Waals surface area contributed by atoms with Crippen LogP contribution in [0.4, 0.5) is 0 Å². The Labute approximate surface area is 131 Å². The number of fused-ring (bicyclic) bond motifs is 1. The van der Waals surface area contributed by atoms with E-state index in [9.17, 15) is 14.7 Å². The molecule has 1 aromatic carbocycles. The van der Waals surface area contributed by atoms with Gasteiger partial charge < -0.3 is 14.4 Å². The topological polar surface area (TPSA) is 97.2 Å². The molecule has 0 unspecified atom stereocenters. The van der Waals surface area contributed by atoms with Crippen LogP contribution in [0.1, 0.15) is 15.9 Å². The van der Waals surface area contributed by atoms with Crippen LogP contribution >= 0.6 is 0 Å². The molecular weight excluding hydrogens is 298 g/mol. The van der Waals surface area contributed by atoms with Crippen molar-refractivity contribution in [2.24, 2.45) is 0 Å². The summed E-state index contributed by atoms with van der Waals surface area (Å²) in [5, 5.41) is 15.5. The zero-order valence-corrected chi connectivity index (χ0v) is 12.4. The number of phenols is 1. The number of pyridine rings is 1. The summed E-state index contributed by atoms with van der Waals surface area (Å²) >= 11 is 0. The number of phenolic OH excluding ortho intramolecular Hbond substituents is 1. The van der Waals surface area contributed by atoms with Crippen LogP contribution in [0.25, 0.3) is 11.3 Å². The summed E-state index contributed by atoms with van der Waals surface area (Å²) in [6.07, 6.45) is 3.96. The normalized spacial score (nSPS) is 10.8. The minimum absolute atomic E-state index is 0.213. The number of nitrogens with one attached hydrogen (secondary N) is 1. The minimum Gasteiger partial charge on any atom is -0.508 e. The summed E-state index contributed by atoms with van der Waals surface area (Å²) in [7, 11) is 1.28. The van der Waals surface area contributed by atoms with Gasteiger partial charge in [0.15, 0.2) is 0 Å². The van der Waals surface area contributed by atoms with Crippen molar-refractivity contribution in [1.29, 1.82) is 0 Å². The summed E-state index contributed by atoms with van der Waals surface area (Å²) in [6.45, 7) is 0.565. The SMILES string of the molecule is COC(=O)c1cn(CCc2ccc(O)cc2)cc2c(=O)[nH]nc1-2. The highest BCUT2D eigenvalue weighted by molar-refractivity contribution is 5.95. The molecule has 0 atom stereocenters.